The SMILES string of the molecule is C=C1CC(C(=O)OC)=CCC2(C)CN(S(=O)(=O)c3ccc(C)cc3)CC12. The number of rotatable bonds is 3. The Morgan fingerprint density at radius 3 is 2.58 bits per heavy atom. The van der Waals surface area contributed by atoms with Crippen LogP contribution >= 0.6 is 0 Å². The van der Waals surface area contributed by atoms with Crippen molar-refractivity contribution in [2.45, 2.75) is 31.6 Å². The molecular weight excluding hydrogens is 350 g/mol. The lowest BCUT2D eigenvalue weighted by Gasteiger charge is -2.29. The van der Waals surface area contributed by atoms with Crippen molar-refractivity contribution in [3.63, 3.8) is 0 Å². The lowest BCUT2D eigenvalue weighted by Crippen LogP contribution is -2.31. The van der Waals surface area contributed by atoms with Crippen LogP contribution in [0.2, 0.25) is 0 Å². The van der Waals surface area contributed by atoms with Gasteiger partial charge in [0, 0.05) is 31.0 Å². The molecule has 0 saturated carbocycles. The zero-order chi connectivity index (χ0) is 19.1. The number of carbonyl (C=O) groups is 1. The van der Waals surface area contributed by atoms with E-state index in [9.17, 15) is 13.2 Å². The maximum Gasteiger partial charge on any atom is 0.333 e. The van der Waals surface area contributed by atoms with Crippen LogP contribution in [0.4, 0.5) is 0 Å². The fraction of sp³-hybridized carbons (Fsp3) is 0.450. The number of carbonyl (C=O) groups excluding carboxylic acids is 1. The van der Waals surface area contributed by atoms with Crippen molar-refractivity contribution in [3.8, 4) is 0 Å². The number of methoxy groups -OCH3 is 1. The van der Waals surface area contributed by atoms with Gasteiger partial charge < -0.3 is 4.74 Å². The van der Waals surface area contributed by atoms with Crippen LogP contribution in [0.1, 0.15) is 25.3 Å². The maximum absolute atomic E-state index is 13.0. The van der Waals surface area contributed by atoms with Crippen molar-refractivity contribution in [1.82, 2.24) is 4.31 Å². The van der Waals surface area contributed by atoms with Gasteiger partial charge in [-0.1, -0.05) is 42.8 Å². The third kappa shape index (κ3) is 3.23. The number of aryl methyl sites for hydroxylation is 1. The molecule has 3 rings (SSSR count). The second-order valence-electron chi connectivity index (χ2n) is 7.58. The van der Waals surface area contributed by atoms with Crippen LogP contribution in [0.15, 0.2) is 53.0 Å². The fourth-order valence-electron chi connectivity index (χ4n) is 3.96. The predicted molar refractivity (Wildman–Crippen MR) is 100 cm³/mol. The number of benzene rings is 1. The molecule has 1 aliphatic heterocycles. The summed E-state index contributed by atoms with van der Waals surface area (Å²) in [6.07, 6.45) is 2.95. The van der Waals surface area contributed by atoms with Gasteiger partial charge in [-0.3, -0.25) is 0 Å². The minimum absolute atomic E-state index is 0.0149. The van der Waals surface area contributed by atoms with Gasteiger partial charge in [0.05, 0.1) is 12.0 Å². The predicted octanol–water partition coefficient (Wildman–Crippen LogP) is 3.07. The van der Waals surface area contributed by atoms with Crippen LogP contribution in [0.5, 0.6) is 0 Å². The average molecular weight is 375 g/mol. The number of sulfonamides is 1. The van der Waals surface area contributed by atoms with Crippen LogP contribution in [0.25, 0.3) is 0 Å². The number of esters is 1. The van der Waals surface area contributed by atoms with Crippen molar-refractivity contribution in [2.24, 2.45) is 11.3 Å². The highest BCUT2D eigenvalue weighted by molar-refractivity contribution is 7.89. The zero-order valence-electron chi connectivity index (χ0n) is 15.5. The summed E-state index contributed by atoms with van der Waals surface area (Å²) < 4.78 is 32.5. The summed E-state index contributed by atoms with van der Waals surface area (Å²) in [4.78, 5) is 12.2. The van der Waals surface area contributed by atoms with Crippen LogP contribution in [-0.4, -0.2) is 38.9 Å². The van der Waals surface area contributed by atoms with Crippen LogP contribution in [0.3, 0.4) is 0 Å². The van der Waals surface area contributed by atoms with Crippen LogP contribution in [0, 0.1) is 18.3 Å². The Bertz CT molecular complexity index is 870. The van der Waals surface area contributed by atoms with E-state index in [-0.39, 0.29) is 17.3 Å². The molecule has 2 unspecified atom stereocenters. The summed E-state index contributed by atoms with van der Waals surface area (Å²) in [7, 11) is -2.17. The highest BCUT2D eigenvalue weighted by Gasteiger charge is 2.48. The quantitative estimate of drug-likeness (QED) is 0.602. The topological polar surface area (TPSA) is 63.7 Å². The molecule has 1 aliphatic carbocycles. The first-order chi connectivity index (χ1) is 12.2. The molecule has 5 nitrogen and oxygen atoms in total. The number of fused-ring (bicyclic) bond motifs is 1. The average Bonchev–Trinajstić information content (AvgIpc) is 2.91. The number of nitrogens with zero attached hydrogens (tertiary/aromatic N) is 1. The highest BCUT2D eigenvalue weighted by atomic mass is 32.2. The molecule has 0 aromatic heterocycles. The van der Waals surface area contributed by atoms with E-state index in [1.54, 1.807) is 16.4 Å². The third-order valence-corrected chi connectivity index (χ3v) is 7.42. The number of hydrogen-bond donors (Lipinski definition) is 0. The van der Waals surface area contributed by atoms with Crippen LogP contribution < -0.4 is 0 Å². The molecule has 6 heteroatoms. The summed E-state index contributed by atoms with van der Waals surface area (Å²) in [6, 6.07) is 6.94. The molecule has 0 N–H and O–H groups in total. The molecule has 1 saturated heterocycles. The Hall–Kier alpha value is -1.92. The van der Waals surface area contributed by atoms with Crippen molar-refractivity contribution in [1.29, 1.82) is 0 Å². The smallest absolute Gasteiger partial charge is 0.333 e. The standard InChI is InChI=1S/C20H25NO4S/c1-14-5-7-17(8-6-14)26(23,24)21-12-18-15(2)11-16(19(22)25-4)9-10-20(18,3)13-21/h5-9,18H,2,10-13H2,1,3-4H3. The summed E-state index contributed by atoms with van der Waals surface area (Å²) in [5.41, 5.74) is 2.26. The molecule has 2 atom stereocenters. The molecule has 0 radical (unpaired) electrons. The third-order valence-electron chi connectivity index (χ3n) is 5.60. The van der Waals surface area contributed by atoms with Crippen LogP contribution in [-0.2, 0) is 19.6 Å². The van der Waals surface area contributed by atoms with E-state index in [1.807, 2.05) is 25.1 Å². The minimum atomic E-state index is -3.54. The fourth-order valence-corrected chi connectivity index (χ4v) is 5.54. The van der Waals surface area contributed by atoms with E-state index < -0.39 is 10.0 Å². The van der Waals surface area contributed by atoms with Gasteiger partial charge in [0.2, 0.25) is 10.0 Å². The second-order valence-corrected chi connectivity index (χ2v) is 9.52. The van der Waals surface area contributed by atoms with E-state index in [0.717, 1.165) is 11.1 Å². The van der Waals surface area contributed by atoms with Crippen molar-refractivity contribution < 1.29 is 17.9 Å². The molecule has 26 heavy (non-hydrogen) atoms. The first kappa shape index (κ1) is 18.9. The Labute approximate surface area is 155 Å². The van der Waals surface area contributed by atoms with E-state index in [0.29, 0.717) is 36.4 Å². The maximum atomic E-state index is 13.0. The Morgan fingerprint density at radius 2 is 1.96 bits per heavy atom. The van der Waals surface area contributed by atoms with E-state index in [1.165, 1.54) is 7.11 Å². The normalized spacial score (nSPS) is 26.8. The molecule has 1 fully saturated rings. The Morgan fingerprint density at radius 1 is 1.31 bits per heavy atom. The molecule has 2 aliphatic rings. The minimum Gasteiger partial charge on any atom is -0.466 e. The monoisotopic (exact) mass is 375 g/mol. The first-order valence-electron chi connectivity index (χ1n) is 8.69. The largest absolute Gasteiger partial charge is 0.466 e. The lowest BCUT2D eigenvalue weighted by atomic mass is 9.75. The summed E-state index contributed by atoms with van der Waals surface area (Å²) in [5, 5.41) is 0. The van der Waals surface area contributed by atoms with E-state index in [2.05, 4.69) is 13.5 Å². The Balaban J connectivity index is 1.89. The van der Waals surface area contributed by atoms with Gasteiger partial charge in [0.25, 0.3) is 0 Å². The first-order valence-corrected chi connectivity index (χ1v) is 10.1. The van der Waals surface area contributed by atoms with E-state index in [4.69, 9.17) is 4.74 Å². The van der Waals surface area contributed by atoms with Gasteiger partial charge in [0.1, 0.15) is 0 Å². The summed E-state index contributed by atoms with van der Waals surface area (Å²) in [6.45, 7) is 8.98. The van der Waals surface area contributed by atoms with Crippen molar-refractivity contribution in [2.75, 3.05) is 20.2 Å². The summed E-state index contributed by atoms with van der Waals surface area (Å²) in [5.74, 6) is -0.319. The molecule has 0 spiro atoms. The van der Waals surface area contributed by atoms with Crippen molar-refractivity contribution >= 4 is 16.0 Å². The van der Waals surface area contributed by atoms with E-state index >= 15 is 0 Å². The molecular formula is C20H25NO4S. The van der Waals surface area contributed by atoms with Gasteiger partial charge in [-0.2, -0.15) is 4.31 Å². The van der Waals surface area contributed by atoms with Gasteiger partial charge in [0.15, 0.2) is 0 Å². The van der Waals surface area contributed by atoms with Gasteiger partial charge >= 0.3 is 5.97 Å². The second kappa shape index (κ2) is 6.67. The number of hydrogen-bond acceptors (Lipinski definition) is 4. The molecule has 0 amide bonds. The number of ether oxygens (including phenoxy) is 1. The molecule has 140 valence electrons. The molecule has 0 bridgehead atoms. The van der Waals surface area contributed by atoms with Gasteiger partial charge in [-0.25, -0.2) is 13.2 Å². The Kier molecular flexibility index (Phi) is 4.84. The lowest BCUT2D eigenvalue weighted by molar-refractivity contribution is -0.136. The number of allylic oxidation sites excluding steroid dienone is 1. The highest BCUT2D eigenvalue weighted by Crippen LogP contribution is 2.47. The van der Waals surface area contributed by atoms with Gasteiger partial charge in [-0.05, 0) is 30.9 Å². The van der Waals surface area contributed by atoms with Gasteiger partial charge in [-0.15, -0.1) is 0 Å². The molecule has 1 aromatic rings. The molecule has 1 heterocycles. The summed E-state index contributed by atoms with van der Waals surface area (Å²) >= 11 is 0. The molecule has 1 aromatic carbocycles. The zero-order valence-corrected chi connectivity index (χ0v) is 16.3. The van der Waals surface area contributed by atoms with Crippen molar-refractivity contribution in [3.05, 3.63) is 53.6 Å².